The van der Waals surface area contributed by atoms with E-state index in [-0.39, 0.29) is 18.4 Å². The van der Waals surface area contributed by atoms with E-state index in [4.69, 9.17) is 15.0 Å². The molecule has 1 aromatic carbocycles. The van der Waals surface area contributed by atoms with Gasteiger partial charge in [0.2, 0.25) is 17.6 Å². The van der Waals surface area contributed by atoms with Crippen LogP contribution in [0.4, 0.5) is 0 Å². The third-order valence-corrected chi connectivity index (χ3v) is 4.28. The summed E-state index contributed by atoms with van der Waals surface area (Å²) in [5, 5.41) is 6.89. The van der Waals surface area contributed by atoms with Crippen LogP contribution in [0, 0.1) is 5.92 Å². The molecule has 3 N–H and O–H groups in total. The van der Waals surface area contributed by atoms with E-state index in [1.807, 2.05) is 19.9 Å². The topological polar surface area (TPSA) is 133 Å². The Morgan fingerprint density at radius 3 is 2.65 bits per heavy atom. The number of primary amides is 1. The van der Waals surface area contributed by atoms with Crippen molar-refractivity contribution in [2.24, 2.45) is 11.7 Å². The first-order valence-corrected chi connectivity index (χ1v) is 9.66. The summed E-state index contributed by atoms with van der Waals surface area (Å²) in [4.78, 5) is 31.7. The molecule has 3 aromatic rings. The third kappa shape index (κ3) is 6.23. The molecule has 3 rings (SSSR count). The van der Waals surface area contributed by atoms with Crippen molar-refractivity contribution in [3.8, 4) is 17.1 Å². The average molecular weight is 421 g/mol. The second-order valence-electron chi connectivity index (χ2n) is 7.09. The highest BCUT2D eigenvalue weighted by Gasteiger charge is 2.24. The Hall–Kier alpha value is -4.01. The molecule has 0 aliphatic heterocycles. The van der Waals surface area contributed by atoms with Crippen LogP contribution < -0.4 is 15.8 Å². The first-order valence-electron chi connectivity index (χ1n) is 9.66. The van der Waals surface area contributed by atoms with Gasteiger partial charge in [-0.25, -0.2) is 0 Å². The van der Waals surface area contributed by atoms with Gasteiger partial charge < -0.3 is 20.3 Å². The summed E-state index contributed by atoms with van der Waals surface area (Å²) in [5.41, 5.74) is 6.57. The summed E-state index contributed by atoms with van der Waals surface area (Å²) in [6.07, 6.45) is 6.40. The largest absolute Gasteiger partial charge is 0.484 e. The Morgan fingerprint density at radius 1 is 1.23 bits per heavy atom. The van der Waals surface area contributed by atoms with Gasteiger partial charge in [0.25, 0.3) is 5.91 Å². The number of hydrogen-bond donors (Lipinski definition) is 2. The maximum absolute atomic E-state index is 12.5. The number of pyridine rings is 1. The van der Waals surface area contributed by atoms with Gasteiger partial charge >= 0.3 is 0 Å². The highest BCUT2D eigenvalue weighted by molar-refractivity contribution is 5.92. The molecule has 0 spiro atoms. The van der Waals surface area contributed by atoms with Crippen LogP contribution in [0.2, 0.25) is 0 Å². The van der Waals surface area contributed by atoms with Gasteiger partial charge in [-0.1, -0.05) is 31.1 Å². The Labute approximate surface area is 179 Å². The summed E-state index contributed by atoms with van der Waals surface area (Å²) >= 11 is 0. The number of nitrogens with one attached hydrogen (secondary N) is 1. The van der Waals surface area contributed by atoms with Crippen molar-refractivity contribution in [3.63, 3.8) is 0 Å². The summed E-state index contributed by atoms with van der Waals surface area (Å²) < 4.78 is 10.6. The van der Waals surface area contributed by atoms with Gasteiger partial charge in [-0.3, -0.25) is 14.6 Å². The molecule has 160 valence electrons. The fraction of sp³-hybridized carbons (Fsp3) is 0.227. The second-order valence-corrected chi connectivity index (χ2v) is 7.09. The molecule has 9 heteroatoms. The van der Waals surface area contributed by atoms with Crippen LogP contribution in [0.5, 0.6) is 5.75 Å². The molecule has 1 atom stereocenters. The Balaban J connectivity index is 1.63. The van der Waals surface area contributed by atoms with Gasteiger partial charge in [-0.05, 0) is 41.8 Å². The molecule has 2 heterocycles. The van der Waals surface area contributed by atoms with E-state index >= 15 is 0 Å². The molecular formula is C22H23N5O4. The van der Waals surface area contributed by atoms with Gasteiger partial charge in [-0.2, -0.15) is 4.98 Å². The third-order valence-electron chi connectivity index (χ3n) is 4.28. The number of hydrogen-bond acceptors (Lipinski definition) is 7. The first-order chi connectivity index (χ1) is 14.9. The molecule has 0 saturated heterocycles. The van der Waals surface area contributed by atoms with Gasteiger partial charge in [0.15, 0.2) is 6.61 Å². The van der Waals surface area contributed by atoms with Crippen molar-refractivity contribution in [2.75, 3.05) is 6.61 Å². The fourth-order valence-corrected chi connectivity index (χ4v) is 2.69. The number of nitrogens with zero attached hydrogens (tertiary/aromatic N) is 3. The highest BCUT2D eigenvalue weighted by atomic mass is 16.5. The first kappa shape index (κ1) is 21.7. The zero-order valence-corrected chi connectivity index (χ0v) is 17.2. The molecule has 0 bridgehead atoms. The highest BCUT2D eigenvalue weighted by Crippen LogP contribution is 2.23. The van der Waals surface area contributed by atoms with E-state index in [9.17, 15) is 9.59 Å². The molecule has 0 aliphatic rings. The van der Waals surface area contributed by atoms with Crippen molar-refractivity contribution in [1.29, 1.82) is 0 Å². The molecule has 2 aromatic heterocycles. The van der Waals surface area contributed by atoms with Crippen LogP contribution in [-0.2, 0) is 9.59 Å². The minimum Gasteiger partial charge on any atom is -0.484 e. The quantitative estimate of drug-likeness (QED) is 0.507. The minimum atomic E-state index is -0.547. The normalized spacial score (nSPS) is 12.1. The number of benzene rings is 1. The lowest BCUT2D eigenvalue weighted by atomic mass is 10.0. The molecule has 0 radical (unpaired) electrons. The Morgan fingerprint density at radius 2 is 2.00 bits per heavy atom. The number of carbonyl (C=O) groups excluding carboxylic acids is 2. The fourth-order valence-electron chi connectivity index (χ4n) is 2.69. The van der Waals surface area contributed by atoms with Crippen LogP contribution in [0.25, 0.3) is 17.5 Å². The number of rotatable bonds is 9. The zero-order chi connectivity index (χ0) is 22.2. The van der Waals surface area contributed by atoms with Crippen molar-refractivity contribution < 1.29 is 18.8 Å². The maximum atomic E-state index is 12.5. The molecule has 0 aliphatic carbocycles. The Kier molecular flexibility index (Phi) is 7.10. The lowest BCUT2D eigenvalue weighted by Crippen LogP contribution is -2.30. The number of ether oxygens (including phenoxy) is 1. The summed E-state index contributed by atoms with van der Waals surface area (Å²) in [5.74, 6) is 0.439. The number of carbonyl (C=O) groups is 2. The standard InChI is InChI=1S/C22H23N5O4/c1-14(2)20(22-26-21(27-31-22)16-4-3-11-24-12-16)25-19(29)10-7-15-5-8-17(9-6-15)30-13-18(23)28/h3-12,14,20H,13H2,1-2H3,(H2,23,28)(H,25,29)/b10-7+. The monoisotopic (exact) mass is 421 g/mol. The van der Waals surface area contributed by atoms with E-state index in [1.54, 1.807) is 48.8 Å². The second kappa shape index (κ2) is 10.1. The van der Waals surface area contributed by atoms with Gasteiger partial charge in [0, 0.05) is 24.0 Å². The van der Waals surface area contributed by atoms with Gasteiger partial charge in [0.1, 0.15) is 11.8 Å². The number of amides is 2. The van der Waals surface area contributed by atoms with Crippen LogP contribution in [-0.4, -0.2) is 33.5 Å². The van der Waals surface area contributed by atoms with Crippen LogP contribution >= 0.6 is 0 Å². The van der Waals surface area contributed by atoms with Crippen molar-refractivity contribution in [2.45, 2.75) is 19.9 Å². The molecule has 1 unspecified atom stereocenters. The summed E-state index contributed by atoms with van der Waals surface area (Å²) in [6, 6.07) is 10.1. The van der Waals surface area contributed by atoms with E-state index in [0.29, 0.717) is 17.5 Å². The lowest BCUT2D eigenvalue weighted by Gasteiger charge is -2.17. The number of nitrogens with two attached hydrogens (primary N) is 1. The lowest BCUT2D eigenvalue weighted by molar-refractivity contribution is -0.120. The zero-order valence-electron chi connectivity index (χ0n) is 17.2. The smallest absolute Gasteiger partial charge is 0.255 e. The molecule has 9 nitrogen and oxygen atoms in total. The summed E-state index contributed by atoms with van der Waals surface area (Å²) in [7, 11) is 0. The SMILES string of the molecule is CC(C)C(NC(=O)/C=C/c1ccc(OCC(N)=O)cc1)c1nc(-c2cccnc2)no1. The van der Waals surface area contributed by atoms with E-state index in [2.05, 4.69) is 20.4 Å². The van der Waals surface area contributed by atoms with E-state index in [1.165, 1.54) is 6.08 Å². The molecule has 2 amide bonds. The van der Waals surface area contributed by atoms with Crippen molar-refractivity contribution in [3.05, 3.63) is 66.3 Å². The van der Waals surface area contributed by atoms with Crippen molar-refractivity contribution in [1.82, 2.24) is 20.4 Å². The van der Waals surface area contributed by atoms with Crippen LogP contribution in [0.15, 0.2) is 59.4 Å². The number of aromatic nitrogens is 3. The summed E-state index contributed by atoms with van der Waals surface area (Å²) in [6.45, 7) is 3.72. The molecule has 0 fully saturated rings. The predicted molar refractivity (Wildman–Crippen MR) is 113 cm³/mol. The minimum absolute atomic E-state index is 0.0289. The Bertz CT molecular complexity index is 1050. The molecule has 31 heavy (non-hydrogen) atoms. The van der Waals surface area contributed by atoms with Crippen molar-refractivity contribution >= 4 is 17.9 Å². The molecule has 0 saturated carbocycles. The van der Waals surface area contributed by atoms with Crippen LogP contribution in [0.3, 0.4) is 0 Å². The average Bonchev–Trinajstić information content (AvgIpc) is 3.25. The maximum Gasteiger partial charge on any atom is 0.255 e. The van der Waals surface area contributed by atoms with Crippen LogP contribution in [0.1, 0.15) is 31.3 Å². The van der Waals surface area contributed by atoms with E-state index in [0.717, 1.165) is 11.1 Å². The van der Waals surface area contributed by atoms with E-state index < -0.39 is 11.9 Å². The van der Waals surface area contributed by atoms with Gasteiger partial charge in [0.05, 0.1) is 0 Å². The molecular weight excluding hydrogens is 398 g/mol. The predicted octanol–water partition coefficient (Wildman–Crippen LogP) is 2.52. The van der Waals surface area contributed by atoms with Gasteiger partial charge in [-0.15, -0.1) is 0 Å².